The van der Waals surface area contributed by atoms with E-state index < -0.39 is 0 Å². The van der Waals surface area contributed by atoms with Crippen molar-refractivity contribution < 1.29 is 14.6 Å². The second-order valence-electron chi connectivity index (χ2n) is 7.17. The van der Waals surface area contributed by atoms with Crippen LogP contribution in [0.25, 0.3) is 0 Å². The van der Waals surface area contributed by atoms with E-state index in [1.54, 1.807) is 0 Å². The first-order chi connectivity index (χ1) is 14.3. The molecule has 0 spiro atoms. The molecule has 0 unspecified atom stereocenters. The molecule has 152 valence electrons. The third kappa shape index (κ3) is 7.28. The molecule has 0 bridgehead atoms. The monoisotopic (exact) mass is 390 g/mol. The number of rotatable bonds is 12. The van der Waals surface area contributed by atoms with Crippen molar-refractivity contribution in [3.63, 3.8) is 0 Å². The highest BCUT2D eigenvalue weighted by atomic mass is 16.5. The lowest BCUT2D eigenvalue weighted by Crippen LogP contribution is -2.03. The highest BCUT2D eigenvalue weighted by Crippen LogP contribution is 2.30. The SMILES string of the molecule is OCCCCc1ccc(OCc2ccccc2)c(OCCCc2ccccc2)c1. The minimum absolute atomic E-state index is 0.237. The molecular formula is C26H30O3. The van der Waals surface area contributed by atoms with Gasteiger partial charge in [-0.15, -0.1) is 0 Å². The van der Waals surface area contributed by atoms with Crippen molar-refractivity contribution in [2.24, 2.45) is 0 Å². The molecule has 0 aliphatic heterocycles. The first-order valence-corrected chi connectivity index (χ1v) is 10.4. The average Bonchev–Trinajstić information content (AvgIpc) is 2.78. The van der Waals surface area contributed by atoms with Crippen LogP contribution in [0.1, 0.15) is 36.0 Å². The molecule has 0 amide bonds. The van der Waals surface area contributed by atoms with Gasteiger partial charge in [0.25, 0.3) is 0 Å². The average molecular weight is 391 g/mol. The van der Waals surface area contributed by atoms with Crippen LogP contribution in [0.2, 0.25) is 0 Å². The number of aliphatic hydroxyl groups excluding tert-OH is 1. The largest absolute Gasteiger partial charge is 0.490 e. The Hall–Kier alpha value is -2.78. The van der Waals surface area contributed by atoms with Crippen molar-refractivity contribution in [1.29, 1.82) is 0 Å². The summed E-state index contributed by atoms with van der Waals surface area (Å²) in [4.78, 5) is 0. The highest BCUT2D eigenvalue weighted by molar-refractivity contribution is 5.43. The zero-order valence-electron chi connectivity index (χ0n) is 16.9. The van der Waals surface area contributed by atoms with Gasteiger partial charge in [-0.2, -0.15) is 0 Å². The Kier molecular flexibility index (Phi) is 8.61. The maximum absolute atomic E-state index is 9.01. The molecule has 0 atom stereocenters. The molecule has 0 saturated carbocycles. The maximum Gasteiger partial charge on any atom is 0.161 e. The van der Waals surface area contributed by atoms with Crippen molar-refractivity contribution in [3.05, 3.63) is 95.6 Å². The summed E-state index contributed by atoms with van der Waals surface area (Å²) in [5.74, 6) is 1.58. The Labute approximate surface area is 173 Å². The van der Waals surface area contributed by atoms with Crippen LogP contribution in [-0.2, 0) is 19.4 Å². The van der Waals surface area contributed by atoms with E-state index in [-0.39, 0.29) is 6.61 Å². The van der Waals surface area contributed by atoms with E-state index in [0.717, 1.165) is 49.2 Å². The Balaban J connectivity index is 1.60. The number of hydrogen-bond acceptors (Lipinski definition) is 3. The normalized spacial score (nSPS) is 10.7. The molecule has 3 aromatic carbocycles. The van der Waals surface area contributed by atoms with E-state index >= 15 is 0 Å². The van der Waals surface area contributed by atoms with Gasteiger partial charge in [-0.05, 0) is 60.9 Å². The standard InChI is InChI=1S/C26H30O3/c27-18-8-7-12-23-16-17-25(29-21-24-13-5-2-6-14-24)26(20-23)28-19-9-15-22-10-3-1-4-11-22/h1-6,10-11,13-14,16-17,20,27H,7-9,12,15,18-19,21H2. The second kappa shape index (κ2) is 11.9. The first-order valence-electron chi connectivity index (χ1n) is 10.4. The molecule has 29 heavy (non-hydrogen) atoms. The highest BCUT2D eigenvalue weighted by Gasteiger charge is 2.08. The van der Waals surface area contributed by atoms with E-state index in [4.69, 9.17) is 14.6 Å². The van der Waals surface area contributed by atoms with Gasteiger partial charge in [0, 0.05) is 6.61 Å². The number of hydrogen-bond donors (Lipinski definition) is 1. The van der Waals surface area contributed by atoms with Gasteiger partial charge >= 0.3 is 0 Å². The van der Waals surface area contributed by atoms with Crippen LogP contribution < -0.4 is 9.47 Å². The fraction of sp³-hybridized carbons (Fsp3) is 0.308. The van der Waals surface area contributed by atoms with Crippen molar-refractivity contribution in [2.45, 2.75) is 38.7 Å². The zero-order valence-corrected chi connectivity index (χ0v) is 16.9. The van der Waals surface area contributed by atoms with E-state index in [2.05, 4.69) is 48.5 Å². The second-order valence-corrected chi connectivity index (χ2v) is 7.17. The molecule has 0 aromatic heterocycles. The molecule has 0 aliphatic carbocycles. The minimum atomic E-state index is 0.237. The predicted molar refractivity (Wildman–Crippen MR) is 117 cm³/mol. The number of ether oxygens (including phenoxy) is 2. The molecule has 3 nitrogen and oxygen atoms in total. The lowest BCUT2D eigenvalue weighted by atomic mass is 10.1. The summed E-state index contributed by atoms with van der Waals surface area (Å²) in [5, 5.41) is 9.01. The topological polar surface area (TPSA) is 38.7 Å². The number of unbranched alkanes of at least 4 members (excludes halogenated alkanes) is 1. The molecule has 0 saturated heterocycles. The van der Waals surface area contributed by atoms with Crippen LogP contribution in [0, 0.1) is 0 Å². The molecule has 3 aromatic rings. The lowest BCUT2D eigenvalue weighted by Gasteiger charge is -2.15. The number of aliphatic hydroxyl groups is 1. The first kappa shape index (κ1) is 20.9. The van der Waals surface area contributed by atoms with E-state index in [9.17, 15) is 0 Å². The van der Waals surface area contributed by atoms with Gasteiger partial charge in [0.15, 0.2) is 11.5 Å². The summed E-state index contributed by atoms with van der Waals surface area (Å²) in [6.45, 7) is 1.41. The van der Waals surface area contributed by atoms with Crippen molar-refractivity contribution in [1.82, 2.24) is 0 Å². The van der Waals surface area contributed by atoms with Gasteiger partial charge in [0.1, 0.15) is 6.61 Å². The Morgan fingerprint density at radius 1 is 0.586 bits per heavy atom. The van der Waals surface area contributed by atoms with Crippen LogP contribution in [-0.4, -0.2) is 18.3 Å². The van der Waals surface area contributed by atoms with Gasteiger partial charge < -0.3 is 14.6 Å². The summed E-state index contributed by atoms with van der Waals surface area (Å²) in [5.41, 5.74) is 3.67. The van der Waals surface area contributed by atoms with Gasteiger partial charge in [-0.1, -0.05) is 66.7 Å². The Bertz CT molecular complexity index is 831. The molecule has 0 aliphatic rings. The van der Waals surface area contributed by atoms with Crippen molar-refractivity contribution in [2.75, 3.05) is 13.2 Å². The minimum Gasteiger partial charge on any atom is -0.490 e. The van der Waals surface area contributed by atoms with Gasteiger partial charge in [-0.3, -0.25) is 0 Å². The Morgan fingerprint density at radius 2 is 1.28 bits per heavy atom. The fourth-order valence-electron chi connectivity index (χ4n) is 3.22. The molecule has 0 heterocycles. The van der Waals surface area contributed by atoms with Crippen LogP contribution in [0.3, 0.4) is 0 Å². The van der Waals surface area contributed by atoms with E-state index in [1.165, 1.54) is 11.1 Å². The summed E-state index contributed by atoms with van der Waals surface area (Å²) in [6.07, 6.45) is 4.67. The summed E-state index contributed by atoms with van der Waals surface area (Å²) >= 11 is 0. The zero-order chi connectivity index (χ0) is 20.2. The fourth-order valence-corrected chi connectivity index (χ4v) is 3.22. The maximum atomic E-state index is 9.01. The van der Waals surface area contributed by atoms with Crippen molar-refractivity contribution in [3.8, 4) is 11.5 Å². The molecule has 0 fully saturated rings. The van der Waals surface area contributed by atoms with Crippen LogP contribution in [0.4, 0.5) is 0 Å². The van der Waals surface area contributed by atoms with Gasteiger partial charge in [0.05, 0.1) is 6.61 Å². The van der Waals surface area contributed by atoms with Crippen LogP contribution in [0.15, 0.2) is 78.9 Å². The summed E-state index contributed by atoms with van der Waals surface area (Å²) in [6, 6.07) is 26.8. The number of benzene rings is 3. The smallest absolute Gasteiger partial charge is 0.161 e. The quantitative estimate of drug-likeness (QED) is 0.410. The summed E-state index contributed by atoms with van der Waals surface area (Å²) < 4.78 is 12.2. The molecule has 1 N–H and O–H groups in total. The predicted octanol–water partition coefficient (Wildman–Crippen LogP) is 5.59. The van der Waals surface area contributed by atoms with Crippen molar-refractivity contribution >= 4 is 0 Å². The van der Waals surface area contributed by atoms with Gasteiger partial charge in [-0.25, -0.2) is 0 Å². The molecule has 3 rings (SSSR count). The third-order valence-corrected chi connectivity index (χ3v) is 4.83. The summed E-state index contributed by atoms with van der Waals surface area (Å²) in [7, 11) is 0. The van der Waals surface area contributed by atoms with Gasteiger partial charge in [0.2, 0.25) is 0 Å². The number of aryl methyl sites for hydroxylation is 2. The van der Waals surface area contributed by atoms with E-state index in [1.807, 2.05) is 30.3 Å². The molecular weight excluding hydrogens is 360 g/mol. The van der Waals surface area contributed by atoms with Crippen LogP contribution in [0.5, 0.6) is 11.5 Å². The Morgan fingerprint density at radius 3 is 2.00 bits per heavy atom. The molecule has 3 heteroatoms. The molecule has 0 radical (unpaired) electrons. The van der Waals surface area contributed by atoms with Crippen LogP contribution >= 0.6 is 0 Å². The van der Waals surface area contributed by atoms with E-state index in [0.29, 0.717) is 13.2 Å². The third-order valence-electron chi connectivity index (χ3n) is 4.83. The lowest BCUT2D eigenvalue weighted by molar-refractivity contribution is 0.259.